The number of nitrogens with zero attached hydrogens (tertiary/aromatic N) is 1. The number of sulfonamides is 1. The zero-order chi connectivity index (χ0) is 18.2. The van der Waals surface area contributed by atoms with E-state index in [9.17, 15) is 12.8 Å². The smallest absolute Gasteiger partial charge is 0.271 e. The number of aromatic nitrogens is 1. The molecule has 0 saturated heterocycles. The number of thiazole rings is 1. The van der Waals surface area contributed by atoms with E-state index < -0.39 is 15.8 Å². The van der Waals surface area contributed by atoms with Gasteiger partial charge in [-0.15, -0.1) is 22.7 Å². The van der Waals surface area contributed by atoms with E-state index in [-0.39, 0.29) is 9.90 Å². The summed E-state index contributed by atoms with van der Waals surface area (Å²) >= 11 is 2.65. The third-order valence-corrected chi connectivity index (χ3v) is 7.59. The van der Waals surface area contributed by atoms with Gasteiger partial charge in [-0.05, 0) is 42.7 Å². The first-order valence-electron chi connectivity index (χ1n) is 7.61. The Morgan fingerprint density at radius 1 is 1.20 bits per heavy atom. The van der Waals surface area contributed by atoms with Crippen molar-refractivity contribution < 1.29 is 12.8 Å². The second-order valence-corrected chi connectivity index (χ2v) is 9.77. The molecule has 0 spiro atoms. The lowest BCUT2D eigenvalue weighted by molar-refractivity contribution is 0.603. The van der Waals surface area contributed by atoms with Crippen molar-refractivity contribution in [3.05, 3.63) is 52.8 Å². The normalized spacial score (nSPS) is 11.9. The number of nitrogens with one attached hydrogen (secondary N) is 1. The second kappa shape index (κ2) is 6.86. The van der Waals surface area contributed by atoms with Gasteiger partial charge in [0.15, 0.2) is 0 Å². The fourth-order valence-electron chi connectivity index (χ4n) is 2.14. The van der Waals surface area contributed by atoms with Gasteiger partial charge in [0.05, 0.1) is 16.3 Å². The molecular formula is C17H17FN2O2S3. The molecule has 3 aromatic rings. The highest BCUT2D eigenvalue weighted by Crippen LogP contribution is 2.34. The van der Waals surface area contributed by atoms with Gasteiger partial charge in [0, 0.05) is 5.38 Å². The van der Waals surface area contributed by atoms with Gasteiger partial charge < -0.3 is 0 Å². The SMILES string of the molecule is Cc1ccc(F)cc1NS(=O)(=O)c1ccc(-c2nc(C(C)C)cs2)s1. The molecule has 1 N–H and O–H groups in total. The fraction of sp³-hybridized carbons (Fsp3) is 0.235. The molecule has 0 radical (unpaired) electrons. The quantitative estimate of drug-likeness (QED) is 0.641. The molecule has 132 valence electrons. The summed E-state index contributed by atoms with van der Waals surface area (Å²) in [5, 5.41) is 2.79. The molecule has 0 saturated carbocycles. The zero-order valence-electron chi connectivity index (χ0n) is 13.9. The maximum Gasteiger partial charge on any atom is 0.271 e. The molecule has 0 aliphatic carbocycles. The van der Waals surface area contributed by atoms with E-state index in [1.54, 1.807) is 19.1 Å². The van der Waals surface area contributed by atoms with Crippen molar-refractivity contribution in [1.29, 1.82) is 0 Å². The van der Waals surface area contributed by atoms with Crippen molar-refractivity contribution in [3.63, 3.8) is 0 Å². The number of benzene rings is 1. The molecule has 8 heteroatoms. The van der Waals surface area contributed by atoms with Crippen molar-refractivity contribution in [2.45, 2.75) is 30.9 Å². The van der Waals surface area contributed by atoms with Crippen molar-refractivity contribution in [3.8, 4) is 9.88 Å². The van der Waals surface area contributed by atoms with E-state index in [4.69, 9.17) is 0 Å². The fourth-order valence-corrected chi connectivity index (χ4v) is 5.62. The Hall–Kier alpha value is -1.77. The molecule has 0 fully saturated rings. The van der Waals surface area contributed by atoms with Crippen molar-refractivity contribution >= 4 is 38.4 Å². The minimum Gasteiger partial charge on any atom is -0.279 e. The highest BCUT2D eigenvalue weighted by Gasteiger charge is 2.20. The van der Waals surface area contributed by atoms with Gasteiger partial charge in [-0.1, -0.05) is 19.9 Å². The lowest BCUT2D eigenvalue weighted by Gasteiger charge is -2.09. The van der Waals surface area contributed by atoms with Crippen LogP contribution in [0.3, 0.4) is 0 Å². The third kappa shape index (κ3) is 3.91. The van der Waals surface area contributed by atoms with Crippen LogP contribution in [0, 0.1) is 12.7 Å². The number of anilines is 1. The Morgan fingerprint density at radius 3 is 2.64 bits per heavy atom. The average molecular weight is 397 g/mol. The number of hydrogen-bond donors (Lipinski definition) is 1. The van der Waals surface area contributed by atoms with Crippen LogP contribution in [-0.4, -0.2) is 13.4 Å². The molecule has 0 aliphatic rings. The van der Waals surface area contributed by atoms with Gasteiger partial charge in [0.25, 0.3) is 10.0 Å². The molecule has 25 heavy (non-hydrogen) atoms. The van der Waals surface area contributed by atoms with Gasteiger partial charge in [0.2, 0.25) is 0 Å². The second-order valence-electron chi connectivity index (χ2n) is 5.92. The molecule has 4 nitrogen and oxygen atoms in total. The van der Waals surface area contributed by atoms with Gasteiger partial charge in [-0.3, -0.25) is 4.72 Å². The number of hydrogen-bond acceptors (Lipinski definition) is 5. The number of thiophene rings is 1. The molecule has 2 aromatic heterocycles. The predicted molar refractivity (Wildman–Crippen MR) is 101 cm³/mol. The number of halogens is 1. The van der Waals surface area contributed by atoms with Crippen LogP contribution in [0.1, 0.15) is 31.0 Å². The zero-order valence-corrected chi connectivity index (χ0v) is 16.4. The van der Waals surface area contributed by atoms with E-state index in [1.807, 2.05) is 5.38 Å². The first kappa shape index (κ1) is 18.0. The van der Waals surface area contributed by atoms with E-state index in [0.717, 1.165) is 26.9 Å². The number of aryl methyl sites for hydroxylation is 1. The van der Waals surface area contributed by atoms with Crippen LogP contribution in [0.5, 0.6) is 0 Å². The van der Waals surface area contributed by atoms with Crippen molar-refractivity contribution in [1.82, 2.24) is 4.98 Å². The Bertz CT molecular complexity index is 1010. The van der Waals surface area contributed by atoms with Crippen LogP contribution in [-0.2, 0) is 10.0 Å². The van der Waals surface area contributed by atoms with E-state index in [0.29, 0.717) is 11.5 Å². The topological polar surface area (TPSA) is 59.1 Å². The largest absolute Gasteiger partial charge is 0.279 e. The Balaban J connectivity index is 1.88. The first-order chi connectivity index (χ1) is 11.8. The summed E-state index contributed by atoms with van der Waals surface area (Å²) in [6, 6.07) is 7.31. The van der Waals surface area contributed by atoms with Gasteiger partial charge >= 0.3 is 0 Å². The minimum atomic E-state index is -3.77. The van der Waals surface area contributed by atoms with Gasteiger partial charge in [0.1, 0.15) is 15.0 Å². The predicted octanol–water partition coefficient (Wildman–Crippen LogP) is 5.24. The lowest BCUT2D eigenvalue weighted by Crippen LogP contribution is -2.12. The highest BCUT2D eigenvalue weighted by molar-refractivity contribution is 7.94. The average Bonchev–Trinajstić information content (AvgIpc) is 3.19. The molecule has 0 aliphatic heterocycles. The molecule has 0 bridgehead atoms. The minimum absolute atomic E-state index is 0.174. The van der Waals surface area contributed by atoms with Crippen LogP contribution in [0.2, 0.25) is 0 Å². The molecule has 1 aromatic carbocycles. The maximum atomic E-state index is 13.4. The van der Waals surface area contributed by atoms with E-state index in [2.05, 4.69) is 23.6 Å². The first-order valence-corrected chi connectivity index (χ1v) is 10.8. The summed E-state index contributed by atoms with van der Waals surface area (Å²) in [4.78, 5) is 5.35. The molecule has 2 heterocycles. The monoisotopic (exact) mass is 396 g/mol. The molecule has 0 atom stereocenters. The van der Waals surface area contributed by atoms with E-state index in [1.165, 1.54) is 29.5 Å². The summed E-state index contributed by atoms with van der Waals surface area (Å²) in [6.45, 7) is 5.85. The highest BCUT2D eigenvalue weighted by atomic mass is 32.2. The Morgan fingerprint density at radius 2 is 1.96 bits per heavy atom. The lowest BCUT2D eigenvalue weighted by atomic mass is 10.2. The van der Waals surface area contributed by atoms with Crippen molar-refractivity contribution in [2.24, 2.45) is 0 Å². The molecule has 3 rings (SSSR count). The maximum absolute atomic E-state index is 13.4. The van der Waals surface area contributed by atoms with E-state index >= 15 is 0 Å². The Labute approximate surface area is 154 Å². The van der Waals surface area contributed by atoms with Crippen LogP contribution in [0.4, 0.5) is 10.1 Å². The standard InChI is InChI=1S/C17H17FN2O2S3/c1-10(2)14-9-23-17(19-14)15-6-7-16(24-15)25(21,22)20-13-8-12(18)5-4-11(13)3/h4-10,20H,1-3H3. The summed E-state index contributed by atoms with van der Waals surface area (Å²) in [6.07, 6.45) is 0. The van der Waals surface area contributed by atoms with Crippen LogP contribution < -0.4 is 4.72 Å². The van der Waals surface area contributed by atoms with Crippen molar-refractivity contribution in [2.75, 3.05) is 4.72 Å². The van der Waals surface area contributed by atoms with Crippen LogP contribution in [0.25, 0.3) is 9.88 Å². The Kier molecular flexibility index (Phi) is 4.95. The summed E-state index contributed by atoms with van der Waals surface area (Å²) < 4.78 is 41.2. The molecular weight excluding hydrogens is 379 g/mol. The molecule has 0 unspecified atom stereocenters. The summed E-state index contributed by atoms with van der Waals surface area (Å²) in [7, 11) is -3.77. The number of rotatable bonds is 5. The molecule has 0 amide bonds. The summed E-state index contributed by atoms with van der Waals surface area (Å²) in [5.74, 6) is -0.162. The van der Waals surface area contributed by atoms with Crippen LogP contribution >= 0.6 is 22.7 Å². The van der Waals surface area contributed by atoms with Gasteiger partial charge in [-0.2, -0.15) is 0 Å². The third-order valence-electron chi connectivity index (χ3n) is 3.61. The van der Waals surface area contributed by atoms with Gasteiger partial charge in [-0.25, -0.2) is 17.8 Å². The van der Waals surface area contributed by atoms with Crippen LogP contribution in [0.15, 0.2) is 39.9 Å². The summed E-state index contributed by atoms with van der Waals surface area (Å²) in [5.41, 5.74) is 1.89.